The van der Waals surface area contributed by atoms with Crippen molar-refractivity contribution in [1.82, 2.24) is 9.97 Å². The van der Waals surface area contributed by atoms with Gasteiger partial charge in [0.05, 0.1) is 13.4 Å². The highest BCUT2D eigenvalue weighted by molar-refractivity contribution is 5.85. The number of H-pyrrole nitrogens is 1. The van der Waals surface area contributed by atoms with Crippen molar-refractivity contribution in [3.05, 3.63) is 40.7 Å². The van der Waals surface area contributed by atoms with Crippen molar-refractivity contribution in [3.8, 4) is 17.4 Å². The monoisotopic (exact) mass is 287 g/mol. The topological polar surface area (TPSA) is 90.2 Å². The van der Waals surface area contributed by atoms with Gasteiger partial charge in [0, 0.05) is 6.07 Å². The van der Waals surface area contributed by atoms with Crippen LogP contribution in [0.2, 0.25) is 0 Å². The van der Waals surface area contributed by atoms with Crippen molar-refractivity contribution < 1.29 is 13.9 Å². The summed E-state index contributed by atoms with van der Waals surface area (Å²) in [6, 6.07) is 3.88. The summed E-state index contributed by atoms with van der Waals surface area (Å²) in [5, 5.41) is 0. The molecule has 0 saturated carbocycles. The number of benzene rings is 1. The molecule has 3 N–H and O–H groups in total. The first-order valence-electron chi connectivity index (χ1n) is 4.96. The quantitative estimate of drug-likeness (QED) is 0.897. The van der Waals surface area contributed by atoms with E-state index >= 15 is 0 Å². The van der Waals surface area contributed by atoms with Gasteiger partial charge in [-0.1, -0.05) is 0 Å². The molecule has 0 amide bonds. The van der Waals surface area contributed by atoms with Gasteiger partial charge >= 0.3 is 0 Å². The molecular weight excluding hydrogens is 277 g/mol. The third-order valence-electron chi connectivity index (χ3n) is 2.19. The molecule has 0 radical (unpaired) electrons. The molecule has 0 bridgehead atoms. The molecule has 1 aromatic carbocycles. The molecule has 2 rings (SSSR count). The maximum absolute atomic E-state index is 13.2. The van der Waals surface area contributed by atoms with Gasteiger partial charge in [-0.15, -0.1) is 12.4 Å². The Hall–Kier alpha value is -2.28. The van der Waals surface area contributed by atoms with Crippen molar-refractivity contribution in [1.29, 1.82) is 0 Å². The van der Waals surface area contributed by atoms with Crippen LogP contribution in [0.4, 0.5) is 10.1 Å². The van der Waals surface area contributed by atoms with Crippen molar-refractivity contribution in [2.45, 2.75) is 0 Å². The largest absolute Gasteiger partial charge is 0.494 e. The van der Waals surface area contributed by atoms with Gasteiger partial charge in [-0.25, -0.2) is 9.37 Å². The van der Waals surface area contributed by atoms with Crippen molar-refractivity contribution in [2.75, 3.05) is 12.8 Å². The standard InChI is InChI=1S/C11H10FN3O3.ClH/c1-17-8-4-6(2-3-7(8)12)18-11-9(13)10(16)14-5-15-11;/h2-5H,13H2,1H3,(H,14,15,16);1H. The molecule has 8 heteroatoms. The number of methoxy groups -OCH3 is 1. The number of aromatic nitrogens is 2. The Bertz CT molecular complexity index is 633. The van der Waals surface area contributed by atoms with E-state index in [1.165, 1.54) is 25.3 Å². The summed E-state index contributed by atoms with van der Waals surface area (Å²) in [5.41, 5.74) is 4.84. The van der Waals surface area contributed by atoms with Crippen LogP contribution >= 0.6 is 12.4 Å². The Kier molecular flexibility index (Phi) is 4.71. The number of nitrogen functional groups attached to an aromatic ring is 1. The summed E-state index contributed by atoms with van der Waals surface area (Å²) in [6.07, 6.45) is 1.16. The fraction of sp³-hybridized carbons (Fsp3) is 0.0909. The van der Waals surface area contributed by atoms with Crippen LogP contribution in [0.15, 0.2) is 29.3 Å². The van der Waals surface area contributed by atoms with Crippen LogP contribution in [0, 0.1) is 5.82 Å². The molecule has 0 saturated heterocycles. The molecule has 0 spiro atoms. The van der Waals surface area contributed by atoms with Crippen LogP contribution in [-0.4, -0.2) is 17.1 Å². The molecule has 0 fully saturated rings. The number of nitrogens with zero attached hydrogens (tertiary/aromatic N) is 1. The lowest BCUT2D eigenvalue weighted by Crippen LogP contribution is -2.13. The molecule has 19 heavy (non-hydrogen) atoms. The number of hydrogen-bond donors (Lipinski definition) is 2. The molecule has 1 heterocycles. The van der Waals surface area contributed by atoms with E-state index in [4.69, 9.17) is 15.2 Å². The predicted octanol–water partition coefficient (Wildman–Crippen LogP) is 1.71. The highest BCUT2D eigenvalue weighted by Gasteiger charge is 2.09. The first kappa shape index (κ1) is 14.8. The van der Waals surface area contributed by atoms with Gasteiger partial charge in [0.2, 0.25) is 5.88 Å². The third-order valence-corrected chi connectivity index (χ3v) is 2.19. The number of nitrogens with two attached hydrogens (primary N) is 1. The van der Waals surface area contributed by atoms with E-state index in [2.05, 4.69) is 9.97 Å². The highest BCUT2D eigenvalue weighted by atomic mass is 35.5. The van der Waals surface area contributed by atoms with E-state index in [1.54, 1.807) is 0 Å². The Labute approximate surface area is 113 Å². The molecular formula is C11H11ClFN3O3. The summed E-state index contributed by atoms with van der Waals surface area (Å²) in [4.78, 5) is 17.3. The lowest BCUT2D eigenvalue weighted by molar-refractivity contribution is 0.380. The summed E-state index contributed by atoms with van der Waals surface area (Å²) < 4.78 is 23.3. The number of rotatable bonds is 3. The molecule has 2 aromatic rings. The highest BCUT2D eigenvalue weighted by Crippen LogP contribution is 2.27. The average Bonchev–Trinajstić information content (AvgIpc) is 2.37. The second-order valence-electron chi connectivity index (χ2n) is 3.35. The first-order valence-corrected chi connectivity index (χ1v) is 4.96. The molecule has 0 aliphatic carbocycles. The van der Waals surface area contributed by atoms with Gasteiger partial charge in [-0.05, 0) is 12.1 Å². The minimum absolute atomic E-state index is 0. The van der Waals surface area contributed by atoms with Gasteiger partial charge in [-0.2, -0.15) is 0 Å². The third kappa shape index (κ3) is 3.14. The lowest BCUT2D eigenvalue weighted by atomic mass is 10.3. The first-order chi connectivity index (χ1) is 8.61. The fourth-order valence-corrected chi connectivity index (χ4v) is 1.29. The van der Waals surface area contributed by atoms with Gasteiger partial charge in [0.15, 0.2) is 17.3 Å². The Morgan fingerprint density at radius 3 is 2.84 bits per heavy atom. The van der Waals surface area contributed by atoms with Gasteiger partial charge < -0.3 is 20.2 Å². The van der Waals surface area contributed by atoms with E-state index in [0.29, 0.717) is 0 Å². The van der Waals surface area contributed by atoms with E-state index in [9.17, 15) is 9.18 Å². The SMILES string of the molecule is COc1cc(Oc2nc[nH]c(=O)c2N)ccc1F.Cl. The molecule has 0 aliphatic rings. The van der Waals surface area contributed by atoms with Crippen LogP contribution in [-0.2, 0) is 0 Å². The van der Waals surface area contributed by atoms with E-state index in [1.807, 2.05) is 0 Å². The van der Waals surface area contributed by atoms with Gasteiger partial charge in [0.25, 0.3) is 5.56 Å². The molecule has 6 nitrogen and oxygen atoms in total. The second kappa shape index (κ2) is 6.05. The minimum atomic E-state index is -0.517. The summed E-state index contributed by atoms with van der Waals surface area (Å²) in [6.45, 7) is 0. The fourth-order valence-electron chi connectivity index (χ4n) is 1.29. The van der Waals surface area contributed by atoms with Crippen molar-refractivity contribution in [3.63, 3.8) is 0 Å². The van der Waals surface area contributed by atoms with Gasteiger partial charge in [-0.3, -0.25) is 4.79 Å². The summed E-state index contributed by atoms with van der Waals surface area (Å²) in [5.74, 6) is -0.280. The van der Waals surface area contributed by atoms with Crippen LogP contribution < -0.4 is 20.8 Å². The lowest BCUT2D eigenvalue weighted by Gasteiger charge is -2.08. The molecule has 1 aromatic heterocycles. The Morgan fingerprint density at radius 2 is 2.16 bits per heavy atom. The Morgan fingerprint density at radius 1 is 1.42 bits per heavy atom. The van der Waals surface area contributed by atoms with Crippen LogP contribution in [0.25, 0.3) is 0 Å². The summed E-state index contributed by atoms with van der Waals surface area (Å²) in [7, 11) is 1.34. The maximum atomic E-state index is 13.2. The zero-order valence-corrected chi connectivity index (χ0v) is 10.7. The number of halogens is 2. The Balaban J connectivity index is 0.00000180. The molecule has 102 valence electrons. The van der Waals surface area contributed by atoms with E-state index in [0.717, 1.165) is 6.33 Å². The number of ether oxygens (including phenoxy) is 2. The number of nitrogens with one attached hydrogen (secondary N) is 1. The molecule has 0 unspecified atom stereocenters. The van der Waals surface area contributed by atoms with Gasteiger partial charge in [0.1, 0.15) is 5.75 Å². The number of anilines is 1. The van der Waals surface area contributed by atoms with Crippen LogP contribution in [0.3, 0.4) is 0 Å². The van der Waals surface area contributed by atoms with Crippen molar-refractivity contribution >= 4 is 18.1 Å². The zero-order valence-electron chi connectivity index (χ0n) is 9.84. The average molecular weight is 288 g/mol. The molecule has 0 atom stereocenters. The second-order valence-corrected chi connectivity index (χ2v) is 3.35. The van der Waals surface area contributed by atoms with Crippen LogP contribution in [0.1, 0.15) is 0 Å². The number of aromatic amines is 1. The minimum Gasteiger partial charge on any atom is -0.494 e. The summed E-state index contributed by atoms with van der Waals surface area (Å²) >= 11 is 0. The van der Waals surface area contributed by atoms with E-state index in [-0.39, 0.29) is 35.5 Å². The smallest absolute Gasteiger partial charge is 0.277 e. The zero-order chi connectivity index (χ0) is 13.1. The maximum Gasteiger partial charge on any atom is 0.277 e. The van der Waals surface area contributed by atoms with Crippen LogP contribution in [0.5, 0.6) is 17.4 Å². The van der Waals surface area contributed by atoms with E-state index < -0.39 is 11.4 Å². The van der Waals surface area contributed by atoms with Crippen molar-refractivity contribution in [2.24, 2.45) is 0 Å². The molecule has 0 aliphatic heterocycles. The normalized spacial score (nSPS) is 9.58. The predicted molar refractivity (Wildman–Crippen MR) is 69.5 cm³/mol. The number of hydrogen-bond acceptors (Lipinski definition) is 5.